The van der Waals surface area contributed by atoms with Crippen molar-refractivity contribution < 1.29 is 9.18 Å². The average molecular weight is 357 g/mol. The molecule has 0 radical (unpaired) electrons. The van der Waals surface area contributed by atoms with Crippen molar-refractivity contribution in [1.29, 1.82) is 0 Å². The van der Waals surface area contributed by atoms with E-state index in [4.69, 9.17) is 11.6 Å². The highest BCUT2D eigenvalue weighted by Crippen LogP contribution is 2.12. The van der Waals surface area contributed by atoms with Crippen LogP contribution in [0.25, 0.3) is 0 Å². The van der Waals surface area contributed by atoms with Crippen molar-refractivity contribution in [3.8, 4) is 0 Å². The van der Waals surface area contributed by atoms with Gasteiger partial charge in [-0.2, -0.15) is 0 Å². The molecule has 1 heterocycles. The fourth-order valence-electron chi connectivity index (χ4n) is 2.35. The Labute approximate surface area is 148 Å². The molecule has 0 saturated heterocycles. The van der Waals surface area contributed by atoms with E-state index in [9.17, 15) is 14.0 Å². The van der Waals surface area contributed by atoms with Gasteiger partial charge in [0.1, 0.15) is 5.82 Å². The van der Waals surface area contributed by atoms with Crippen LogP contribution in [-0.2, 0) is 6.54 Å². The van der Waals surface area contributed by atoms with Gasteiger partial charge in [0.05, 0.1) is 12.1 Å². The molecule has 1 aromatic heterocycles. The number of nitrogens with zero attached hydrogens (tertiary/aromatic N) is 1. The number of benzene rings is 2. The standard InChI is InChI=1S/C19H14ClFN2O2/c20-15-7-4-13(5-8-15)11-23-12-14(6-9-18(23)24)19(25)22-17-3-1-2-16(21)10-17/h1-10,12H,11H2,(H,22,25). The smallest absolute Gasteiger partial charge is 0.257 e. The zero-order chi connectivity index (χ0) is 17.8. The first-order chi connectivity index (χ1) is 12.0. The number of aromatic nitrogens is 1. The summed E-state index contributed by atoms with van der Waals surface area (Å²) in [7, 11) is 0. The summed E-state index contributed by atoms with van der Waals surface area (Å²) in [6.07, 6.45) is 1.48. The van der Waals surface area contributed by atoms with Crippen LogP contribution in [0.1, 0.15) is 15.9 Å². The molecule has 3 rings (SSSR count). The van der Waals surface area contributed by atoms with Crippen LogP contribution in [0.3, 0.4) is 0 Å². The monoisotopic (exact) mass is 356 g/mol. The largest absolute Gasteiger partial charge is 0.322 e. The fourth-order valence-corrected chi connectivity index (χ4v) is 2.47. The number of hydrogen-bond acceptors (Lipinski definition) is 2. The van der Waals surface area contributed by atoms with Crippen molar-refractivity contribution in [3.63, 3.8) is 0 Å². The van der Waals surface area contributed by atoms with Crippen molar-refractivity contribution in [2.75, 3.05) is 5.32 Å². The minimum atomic E-state index is -0.439. The maximum absolute atomic E-state index is 13.2. The SMILES string of the molecule is O=C(Nc1cccc(F)c1)c1ccc(=O)n(Cc2ccc(Cl)cc2)c1. The van der Waals surface area contributed by atoms with Gasteiger partial charge >= 0.3 is 0 Å². The van der Waals surface area contributed by atoms with Crippen LogP contribution in [0, 0.1) is 5.82 Å². The molecule has 2 aromatic carbocycles. The molecule has 1 amide bonds. The lowest BCUT2D eigenvalue weighted by Gasteiger charge is -2.09. The lowest BCUT2D eigenvalue weighted by atomic mass is 10.2. The van der Waals surface area contributed by atoms with E-state index in [2.05, 4.69) is 5.32 Å². The van der Waals surface area contributed by atoms with E-state index in [-0.39, 0.29) is 5.56 Å². The van der Waals surface area contributed by atoms with E-state index in [0.717, 1.165) is 5.56 Å². The van der Waals surface area contributed by atoms with Gasteiger partial charge in [-0.3, -0.25) is 9.59 Å². The number of halogens is 2. The molecule has 0 aliphatic heterocycles. The Balaban J connectivity index is 1.82. The number of amides is 1. The molecule has 1 N–H and O–H groups in total. The zero-order valence-electron chi connectivity index (χ0n) is 13.1. The second kappa shape index (κ2) is 7.32. The van der Waals surface area contributed by atoms with Crippen LogP contribution >= 0.6 is 11.6 Å². The molecule has 0 bridgehead atoms. The molecule has 0 unspecified atom stereocenters. The summed E-state index contributed by atoms with van der Waals surface area (Å²) in [5.74, 6) is -0.860. The van der Waals surface area contributed by atoms with Crippen LogP contribution in [0.5, 0.6) is 0 Å². The molecular weight excluding hydrogens is 343 g/mol. The third kappa shape index (κ3) is 4.33. The van der Waals surface area contributed by atoms with E-state index in [1.807, 2.05) is 12.1 Å². The van der Waals surface area contributed by atoms with Gasteiger partial charge < -0.3 is 9.88 Å². The molecular formula is C19H14ClFN2O2. The number of rotatable bonds is 4. The molecule has 0 aliphatic carbocycles. The van der Waals surface area contributed by atoms with E-state index in [1.54, 1.807) is 18.2 Å². The van der Waals surface area contributed by atoms with Crippen molar-refractivity contribution in [1.82, 2.24) is 4.57 Å². The maximum Gasteiger partial charge on any atom is 0.257 e. The third-order valence-electron chi connectivity index (χ3n) is 3.59. The van der Waals surface area contributed by atoms with Crippen molar-refractivity contribution in [2.45, 2.75) is 6.54 Å². The molecule has 0 fully saturated rings. The molecule has 126 valence electrons. The first-order valence-electron chi connectivity index (χ1n) is 7.53. The van der Waals surface area contributed by atoms with Gasteiger partial charge in [0.15, 0.2) is 0 Å². The lowest BCUT2D eigenvalue weighted by molar-refractivity contribution is 0.102. The van der Waals surface area contributed by atoms with E-state index < -0.39 is 11.7 Å². The molecule has 0 saturated carbocycles. The number of nitrogens with one attached hydrogen (secondary N) is 1. The number of carbonyl (C=O) groups excluding carboxylic acids is 1. The second-order valence-electron chi connectivity index (χ2n) is 5.47. The Bertz CT molecular complexity index is 968. The Morgan fingerprint density at radius 2 is 1.84 bits per heavy atom. The highest BCUT2D eigenvalue weighted by Gasteiger charge is 2.09. The Hall–Kier alpha value is -2.92. The fraction of sp³-hybridized carbons (Fsp3) is 0.0526. The molecule has 6 heteroatoms. The van der Waals surface area contributed by atoms with Crippen LogP contribution in [0.2, 0.25) is 5.02 Å². The molecule has 0 spiro atoms. The van der Waals surface area contributed by atoms with Crippen LogP contribution in [0.4, 0.5) is 10.1 Å². The van der Waals surface area contributed by atoms with Crippen LogP contribution < -0.4 is 10.9 Å². The van der Waals surface area contributed by atoms with Crippen molar-refractivity contribution in [2.24, 2.45) is 0 Å². The number of carbonyl (C=O) groups is 1. The van der Waals surface area contributed by atoms with E-state index in [0.29, 0.717) is 22.8 Å². The summed E-state index contributed by atoms with van der Waals surface area (Å²) in [6, 6.07) is 15.5. The summed E-state index contributed by atoms with van der Waals surface area (Å²) in [5.41, 5.74) is 1.31. The van der Waals surface area contributed by atoms with Gasteiger partial charge in [0.25, 0.3) is 11.5 Å². The van der Waals surface area contributed by atoms with E-state index in [1.165, 1.54) is 41.1 Å². The van der Waals surface area contributed by atoms with Crippen LogP contribution in [-0.4, -0.2) is 10.5 Å². The lowest BCUT2D eigenvalue weighted by Crippen LogP contribution is -2.22. The Morgan fingerprint density at radius 3 is 2.56 bits per heavy atom. The summed E-state index contributed by atoms with van der Waals surface area (Å²) < 4.78 is 14.6. The van der Waals surface area contributed by atoms with Crippen molar-refractivity contribution in [3.05, 3.63) is 99.2 Å². The highest BCUT2D eigenvalue weighted by molar-refractivity contribution is 6.30. The third-order valence-corrected chi connectivity index (χ3v) is 3.85. The van der Waals surface area contributed by atoms with E-state index >= 15 is 0 Å². The van der Waals surface area contributed by atoms with Crippen molar-refractivity contribution >= 4 is 23.2 Å². The summed E-state index contributed by atoms with van der Waals surface area (Å²) in [4.78, 5) is 24.3. The predicted molar refractivity (Wildman–Crippen MR) is 95.6 cm³/mol. The minimum absolute atomic E-state index is 0.225. The van der Waals surface area contributed by atoms with Gasteiger partial charge in [-0.15, -0.1) is 0 Å². The number of anilines is 1. The normalized spacial score (nSPS) is 10.5. The molecule has 0 atom stereocenters. The predicted octanol–water partition coefficient (Wildman–Crippen LogP) is 3.94. The Morgan fingerprint density at radius 1 is 1.08 bits per heavy atom. The molecule has 25 heavy (non-hydrogen) atoms. The van der Waals surface area contributed by atoms with Crippen LogP contribution in [0.15, 0.2) is 71.7 Å². The molecule has 4 nitrogen and oxygen atoms in total. The topological polar surface area (TPSA) is 51.1 Å². The van der Waals surface area contributed by atoms with Gasteiger partial charge in [0.2, 0.25) is 0 Å². The highest BCUT2D eigenvalue weighted by atomic mass is 35.5. The number of hydrogen-bond donors (Lipinski definition) is 1. The molecule has 3 aromatic rings. The quantitative estimate of drug-likeness (QED) is 0.769. The zero-order valence-corrected chi connectivity index (χ0v) is 13.8. The summed E-state index contributed by atoms with van der Waals surface area (Å²) in [6.45, 7) is 0.317. The number of pyridine rings is 1. The Kier molecular flexibility index (Phi) is 4.95. The molecule has 0 aliphatic rings. The minimum Gasteiger partial charge on any atom is -0.322 e. The first-order valence-corrected chi connectivity index (χ1v) is 7.91. The average Bonchev–Trinajstić information content (AvgIpc) is 2.59. The summed E-state index contributed by atoms with van der Waals surface area (Å²) in [5, 5.41) is 3.22. The first kappa shape index (κ1) is 16.9. The van der Waals surface area contributed by atoms with Gasteiger partial charge in [0, 0.05) is 23.0 Å². The second-order valence-corrected chi connectivity index (χ2v) is 5.91. The van der Waals surface area contributed by atoms with Gasteiger partial charge in [-0.05, 0) is 42.0 Å². The summed E-state index contributed by atoms with van der Waals surface area (Å²) >= 11 is 5.85. The maximum atomic E-state index is 13.2. The van der Waals surface area contributed by atoms with Gasteiger partial charge in [-0.25, -0.2) is 4.39 Å². The van der Waals surface area contributed by atoms with Gasteiger partial charge in [-0.1, -0.05) is 29.8 Å².